The van der Waals surface area contributed by atoms with Crippen LogP contribution in [0.4, 0.5) is 19.3 Å². The van der Waals surface area contributed by atoms with Gasteiger partial charge < -0.3 is 20.1 Å². The van der Waals surface area contributed by atoms with Crippen LogP contribution in [-0.4, -0.2) is 32.9 Å². The van der Waals surface area contributed by atoms with Crippen LogP contribution >= 0.6 is 0 Å². The molecule has 110 valence electrons. The SMILES string of the molecule is COc1cc(F)c(NC(=O)NCC2(C)COC2)cc1F. The van der Waals surface area contributed by atoms with Gasteiger partial charge in [0, 0.05) is 24.1 Å². The average molecular weight is 286 g/mol. The fraction of sp³-hybridized carbons (Fsp3) is 0.462. The maximum atomic E-state index is 13.6. The summed E-state index contributed by atoms with van der Waals surface area (Å²) in [5.41, 5.74) is -0.336. The van der Waals surface area contributed by atoms with Crippen molar-refractivity contribution >= 4 is 11.7 Å². The minimum atomic E-state index is -0.767. The highest BCUT2D eigenvalue weighted by molar-refractivity contribution is 5.89. The Morgan fingerprint density at radius 3 is 2.65 bits per heavy atom. The van der Waals surface area contributed by atoms with E-state index < -0.39 is 17.7 Å². The van der Waals surface area contributed by atoms with Crippen LogP contribution in [-0.2, 0) is 4.74 Å². The maximum absolute atomic E-state index is 13.6. The molecule has 0 radical (unpaired) electrons. The van der Waals surface area contributed by atoms with Crippen molar-refractivity contribution in [3.8, 4) is 5.75 Å². The highest BCUT2D eigenvalue weighted by Crippen LogP contribution is 2.26. The predicted octanol–water partition coefficient (Wildman–Crippen LogP) is 2.13. The van der Waals surface area contributed by atoms with Gasteiger partial charge in [0.1, 0.15) is 0 Å². The van der Waals surface area contributed by atoms with E-state index in [1.165, 1.54) is 7.11 Å². The van der Waals surface area contributed by atoms with Crippen molar-refractivity contribution in [2.75, 3.05) is 32.2 Å². The van der Waals surface area contributed by atoms with E-state index >= 15 is 0 Å². The molecule has 0 aliphatic carbocycles. The fourth-order valence-corrected chi connectivity index (χ4v) is 1.79. The summed E-state index contributed by atoms with van der Waals surface area (Å²) in [5.74, 6) is -1.73. The van der Waals surface area contributed by atoms with E-state index in [2.05, 4.69) is 15.4 Å². The zero-order valence-electron chi connectivity index (χ0n) is 11.3. The van der Waals surface area contributed by atoms with Crippen LogP contribution in [0.3, 0.4) is 0 Å². The Morgan fingerprint density at radius 2 is 2.10 bits per heavy atom. The molecular formula is C13H16F2N2O3. The van der Waals surface area contributed by atoms with Crippen LogP contribution in [0, 0.1) is 17.0 Å². The highest BCUT2D eigenvalue weighted by Gasteiger charge is 2.33. The van der Waals surface area contributed by atoms with Crippen LogP contribution in [0.1, 0.15) is 6.92 Å². The first-order valence-electron chi connectivity index (χ1n) is 6.09. The van der Waals surface area contributed by atoms with E-state index in [1.54, 1.807) is 0 Å². The lowest BCUT2D eigenvalue weighted by molar-refractivity contribution is -0.0974. The molecule has 0 spiro atoms. The molecule has 0 bridgehead atoms. The van der Waals surface area contributed by atoms with E-state index in [9.17, 15) is 13.6 Å². The van der Waals surface area contributed by atoms with E-state index in [0.717, 1.165) is 12.1 Å². The molecule has 1 aromatic rings. The van der Waals surface area contributed by atoms with Gasteiger partial charge in [0.15, 0.2) is 17.4 Å². The molecule has 1 aliphatic rings. The zero-order chi connectivity index (χ0) is 14.8. The number of hydrogen-bond acceptors (Lipinski definition) is 3. The molecule has 0 aromatic heterocycles. The molecule has 1 aliphatic heterocycles. The van der Waals surface area contributed by atoms with E-state index in [4.69, 9.17) is 4.74 Å². The first kappa shape index (κ1) is 14.5. The number of anilines is 1. The van der Waals surface area contributed by atoms with Crippen molar-refractivity contribution in [2.45, 2.75) is 6.92 Å². The highest BCUT2D eigenvalue weighted by atomic mass is 19.1. The van der Waals surface area contributed by atoms with Gasteiger partial charge in [-0.25, -0.2) is 13.6 Å². The number of nitrogens with one attached hydrogen (secondary N) is 2. The smallest absolute Gasteiger partial charge is 0.319 e. The number of halogens is 2. The maximum Gasteiger partial charge on any atom is 0.319 e. The average Bonchev–Trinajstić information content (AvgIpc) is 2.38. The van der Waals surface area contributed by atoms with Crippen LogP contribution in [0.2, 0.25) is 0 Å². The Morgan fingerprint density at radius 1 is 1.40 bits per heavy atom. The Balaban J connectivity index is 1.95. The summed E-state index contributed by atoms with van der Waals surface area (Å²) in [6, 6.07) is 1.16. The van der Waals surface area contributed by atoms with Gasteiger partial charge in [-0.15, -0.1) is 0 Å². The minimum Gasteiger partial charge on any atom is -0.494 e. The summed E-state index contributed by atoms with van der Waals surface area (Å²) in [4.78, 5) is 11.6. The molecule has 2 rings (SSSR count). The molecule has 2 amide bonds. The molecular weight excluding hydrogens is 270 g/mol. The molecule has 0 atom stereocenters. The summed E-state index contributed by atoms with van der Waals surface area (Å²) in [7, 11) is 1.24. The van der Waals surface area contributed by atoms with Gasteiger partial charge in [0.05, 0.1) is 26.0 Å². The van der Waals surface area contributed by atoms with Crippen LogP contribution in [0.15, 0.2) is 12.1 Å². The van der Waals surface area contributed by atoms with Crippen molar-refractivity contribution in [1.29, 1.82) is 0 Å². The minimum absolute atomic E-state index is 0.0962. The number of ether oxygens (including phenoxy) is 2. The zero-order valence-corrected chi connectivity index (χ0v) is 11.3. The third-order valence-electron chi connectivity index (χ3n) is 3.07. The largest absolute Gasteiger partial charge is 0.494 e. The van der Waals surface area contributed by atoms with Gasteiger partial charge in [-0.05, 0) is 0 Å². The lowest BCUT2D eigenvalue weighted by Crippen LogP contribution is -2.49. The van der Waals surface area contributed by atoms with Crippen molar-refractivity contribution < 1.29 is 23.0 Å². The number of benzene rings is 1. The second-order valence-electron chi connectivity index (χ2n) is 5.08. The van der Waals surface area contributed by atoms with Crippen molar-refractivity contribution in [1.82, 2.24) is 5.32 Å². The monoisotopic (exact) mass is 286 g/mol. The molecule has 1 fully saturated rings. The molecule has 0 unspecified atom stereocenters. The number of carbonyl (C=O) groups excluding carboxylic acids is 1. The van der Waals surface area contributed by atoms with E-state index in [0.29, 0.717) is 19.8 Å². The predicted molar refractivity (Wildman–Crippen MR) is 68.9 cm³/mol. The quantitative estimate of drug-likeness (QED) is 0.891. The van der Waals surface area contributed by atoms with Crippen LogP contribution < -0.4 is 15.4 Å². The molecule has 20 heavy (non-hydrogen) atoms. The van der Waals surface area contributed by atoms with Crippen molar-refractivity contribution in [3.63, 3.8) is 0 Å². The molecule has 1 saturated heterocycles. The van der Waals surface area contributed by atoms with E-state index in [-0.39, 0.29) is 16.9 Å². The Hall–Kier alpha value is -1.89. The Kier molecular flexibility index (Phi) is 4.08. The Labute approximate surface area is 115 Å². The first-order chi connectivity index (χ1) is 9.43. The summed E-state index contributed by atoms with van der Waals surface area (Å²) in [5, 5.41) is 4.86. The van der Waals surface area contributed by atoms with E-state index in [1.807, 2.05) is 6.92 Å². The number of rotatable bonds is 4. The molecule has 5 nitrogen and oxygen atoms in total. The lowest BCUT2D eigenvalue weighted by Gasteiger charge is -2.37. The van der Waals surface area contributed by atoms with Gasteiger partial charge in [-0.3, -0.25) is 0 Å². The summed E-state index contributed by atoms with van der Waals surface area (Å²) >= 11 is 0. The molecule has 7 heteroatoms. The first-order valence-corrected chi connectivity index (χ1v) is 6.09. The topological polar surface area (TPSA) is 59.6 Å². The number of methoxy groups -OCH3 is 1. The van der Waals surface area contributed by atoms with Gasteiger partial charge in [0.2, 0.25) is 0 Å². The third kappa shape index (κ3) is 3.16. The molecule has 1 aromatic carbocycles. The second kappa shape index (κ2) is 5.62. The second-order valence-corrected chi connectivity index (χ2v) is 5.08. The van der Waals surface area contributed by atoms with Crippen LogP contribution in [0.25, 0.3) is 0 Å². The van der Waals surface area contributed by atoms with Gasteiger partial charge in [0.25, 0.3) is 0 Å². The molecule has 1 heterocycles. The summed E-state index contributed by atoms with van der Waals surface area (Å²) in [6.45, 7) is 3.50. The standard InChI is InChI=1S/C13H16F2N2O3/c1-13(6-20-7-13)5-16-12(18)17-10-3-9(15)11(19-2)4-8(10)14/h3-4H,5-7H2,1-2H3,(H2,16,17,18). The number of carbonyl (C=O) groups is 1. The lowest BCUT2D eigenvalue weighted by atomic mass is 9.89. The summed E-state index contributed by atoms with van der Waals surface area (Å²) < 4.78 is 36.8. The Bertz CT molecular complexity index is 519. The van der Waals surface area contributed by atoms with Crippen molar-refractivity contribution in [3.05, 3.63) is 23.8 Å². The third-order valence-corrected chi connectivity index (χ3v) is 3.07. The van der Waals surface area contributed by atoms with Gasteiger partial charge >= 0.3 is 6.03 Å². The molecule has 0 saturated carbocycles. The number of amides is 2. The number of urea groups is 1. The van der Waals surface area contributed by atoms with Crippen molar-refractivity contribution in [2.24, 2.45) is 5.41 Å². The fourth-order valence-electron chi connectivity index (χ4n) is 1.79. The van der Waals surface area contributed by atoms with Crippen LogP contribution in [0.5, 0.6) is 5.75 Å². The number of hydrogen-bond donors (Lipinski definition) is 2. The normalized spacial score (nSPS) is 16.2. The molecule has 2 N–H and O–H groups in total. The van der Waals surface area contributed by atoms with Gasteiger partial charge in [-0.1, -0.05) is 6.92 Å². The summed E-state index contributed by atoms with van der Waals surface area (Å²) in [6.07, 6.45) is 0. The van der Waals surface area contributed by atoms with Gasteiger partial charge in [-0.2, -0.15) is 0 Å².